The Hall–Kier alpha value is -0.980. The van der Waals surface area contributed by atoms with Crippen molar-refractivity contribution in [2.75, 3.05) is 19.7 Å². The van der Waals surface area contributed by atoms with Crippen LogP contribution >= 0.6 is 0 Å². The van der Waals surface area contributed by atoms with Crippen LogP contribution in [0, 0.1) is 0 Å². The smallest absolute Gasteiger partial charge is 0.422 e. The molecule has 1 heterocycles. The van der Waals surface area contributed by atoms with Gasteiger partial charge in [-0.1, -0.05) is 0 Å². The number of nitrogens with two attached hydrogens (primary N) is 1. The summed E-state index contributed by atoms with van der Waals surface area (Å²) in [5.41, 5.74) is 5.57. The van der Waals surface area contributed by atoms with E-state index in [1.54, 1.807) is 0 Å². The van der Waals surface area contributed by atoms with Crippen LogP contribution in [0.1, 0.15) is 12.8 Å². The van der Waals surface area contributed by atoms with Gasteiger partial charge in [-0.05, 0) is 12.8 Å². The Morgan fingerprint density at radius 3 is 2.73 bits per heavy atom. The molecule has 1 atom stereocenters. The molecule has 88 valence electrons. The van der Waals surface area contributed by atoms with E-state index in [0.29, 0.717) is 13.0 Å². The number of ether oxygens (including phenoxy) is 1. The van der Waals surface area contributed by atoms with Crippen LogP contribution in [0.2, 0.25) is 0 Å². The highest BCUT2D eigenvalue weighted by molar-refractivity contribution is 5.67. The molecule has 0 spiro atoms. The topological polar surface area (TPSA) is 55.6 Å². The van der Waals surface area contributed by atoms with Gasteiger partial charge < -0.3 is 15.4 Å². The van der Waals surface area contributed by atoms with Crippen LogP contribution < -0.4 is 5.73 Å². The molecular formula is C8H13F3N2O2. The summed E-state index contributed by atoms with van der Waals surface area (Å²) in [6, 6.07) is -0.169. The number of alkyl halides is 3. The minimum absolute atomic E-state index is 0.169. The fraction of sp³-hybridized carbons (Fsp3) is 0.875. The first-order chi connectivity index (χ1) is 6.88. The first-order valence-corrected chi connectivity index (χ1v) is 4.62. The highest BCUT2D eigenvalue weighted by Crippen LogP contribution is 2.16. The first kappa shape index (κ1) is 12.1. The van der Waals surface area contributed by atoms with Crippen molar-refractivity contribution >= 4 is 6.09 Å². The summed E-state index contributed by atoms with van der Waals surface area (Å²) in [6.45, 7) is -0.876. The van der Waals surface area contributed by atoms with Gasteiger partial charge in [-0.2, -0.15) is 13.2 Å². The fourth-order valence-electron chi connectivity index (χ4n) is 1.41. The number of likely N-dealkylation sites (tertiary alicyclic amines) is 1. The Labute approximate surface area is 85.2 Å². The predicted octanol–water partition coefficient (Wildman–Crippen LogP) is 1.11. The fourth-order valence-corrected chi connectivity index (χ4v) is 1.41. The van der Waals surface area contributed by atoms with Crippen molar-refractivity contribution in [3.05, 3.63) is 0 Å². The van der Waals surface area contributed by atoms with Crippen LogP contribution in [0.15, 0.2) is 0 Å². The van der Waals surface area contributed by atoms with Crippen molar-refractivity contribution in [1.82, 2.24) is 4.90 Å². The number of amides is 1. The molecule has 0 aromatic rings. The number of nitrogens with zero attached hydrogens (tertiary/aromatic N) is 1. The summed E-state index contributed by atoms with van der Waals surface area (Å²) in [6.07, 6.45) is -3.94. The zero-order valence-corrected chi connectivity index (χ0v) is 8.09. The van der Waals surface area contributed by atoms with Crippen molar-refractivity contribution in [2.45, 2.75) is 25.1 Å². The van der Waals surface area contributed by atoms with Crippen molar-refractivity contribution in [3.63, 3.8) is 0 Å². The molecule has 1 aliphatic heterocycles. The number of hydrogen-bond donors (Lipinski definition) is 1. The summed E-state index contributed by atoms with van der Waals surface area (Å²) in [4.78, 5) is 12.3. The van der Waals surface area contributed by atoms with Crippen molar-refractivity contribution in [1.29, 1.82) is 0 Å². The van der Waals surface area contributed by atoms with Crippen molar-refractivity contribution in [2.24, 2.45) is 5.73 Å². The van der Waals surface area contributed by atoms with Gasteiger partial charge in [0, 0.05) is 19.1 Å². The van der Waals surface area contributed by atoms with Crippen LogP contribution in [0.5, 0.6) is 0 Å². The predicted molar refractivity (Wildman–Crippen MR) is 46.2 cm³/mol. The van der Waals surface area contributed by atoms with E-state index in [9.17, 15) is 18.0 Å². The largest absolute Gasteiger partial charge is 0.440 e. The Kier molecular flexibility index (Phi) is 3.78. The van der Waals surface area contributed by atoms with Crippen molar-refractivity contribution in [3.8, 4) is 0 Å². The van der Waals surface area contributed by atoms with Crippen LogP contribution in [-0.4, -0.2) is 42.9 Å². The van der Waals surface area contributed by atoms with Gasteiger partial charge in [0.2, 0.25) is 0 Å². The van der Waals surface area contributed by atoms with Gasteiger partial charge in [-0.3, -0.25) is 0 Å². The number of piperidine rings is 1. The van der Waals surface area contributed by atoms with Crippen LogP contribution in [0.25, 0.3) is 0 Å². The lowest BCUT2D eigenvalue weighted by Crippen LogP contribution is -2.46. The summed E-state index contributed by atoms with van der Waals surface area (Å²) < 4.78 is 39.3. The normalized spacial score (nSPS) is 22.7. The zero-order chi connectivity index (χ0) is 11.5. The van der Waals surface area contributed by atoms with Gasteiger partial charge in [-0.25, -0.2) is 4.79 Å². The maximum atomic E-state index is 11.7. The Morgan fingerprint density at radius 1 is 1.53 bits per heavy atom. The maximum absolute atomic E-state index is 11.7. The van der Waals surface area contributed by atoms with Gasteiger partial charge in [-0.15, -0.1) is 0 Å². The lowest BCUT2D eigenvalue weighted by atomic mass is 10.1. The average molecular weight is 226 g/mol. The highest BCUT2D eigenvalue weighted by Gasteiger charge is 2.31. The molecule has 0 aromatic heterocycles. The number of halogens is 3. The molecule has 2 N–H and O–H groups in total. The van der Waals surface area contributed by atoms with E-state index in [1.807, 2.05) is 0 Å². The molecule has 1 saturated heterocycles. The summed E-state index contributed by atoms with van der Waals surface area (Å²) in [5, 5.41) is 0. The second kappa shape index (κ2) is 4.69. The van der Waals surface area contributed by atoms with E-state index in [1.165, 1.54) is 4.90 Å². The van der Waals surface area contributed by atoms with Crippen LogP contribution in [0.4, 0.5) is 18.0 Å². The highest BCUT2D eigenvalue weighted by atomic mass is 19.4. The van der Waals surface area contributed by atoms with Gasteiger partial charge in [0.1, 0.15) is 0 Å². The van der Waals surface area contributed by atoms with Gasteiger partial charge in [0.15, 0.2) is 6.61 Å². The molecule has 1 fully saturated rings. The average Bonchev–Trinajstić information content (AvgIpc) is 2.13. The maximum Gasteiger partial charge on any atom is 0.422 e. The third-order valence-corrected chi connectivity index (χ3v) is 2.08. The zero-order valence-electron chi connectivity index (χ0n) is 8.09. The Balaban J connectivity index is 2.33. The third-order valence-electron chi connectivity index (χ3n) is 2.08. The molecule has 0 radical (unpaired) electrons. The summed E-state index contributed by atoms with van der Waals surface area (Å²) in [5.74, 6) is 0. The number of hydrogen-bond acceptors (Lipinski definition) is 3. The van der Waals surface area contributed by atoms with E-state index in [4.69, 9.17) is 5.73 Å². The molecule has 1 unspecified atom stereocenters. The Bertz CT molecular complexity index is 232. The van der Waals surface area contributed by atoms with Crippen LogP contribution in [0.3, 0.4) is 0 Å². The first-order valence-electron chi connectivity index (χ1n) is 4.62. The quantitative estimate of drug-likeness (QED) is 0.728. The van der Waals surface area contributed by atoms with E-state index in [-0.39, 0.29) is 12.6 Å². The van der Waals surface area contributed by atoms with Crippen molar-refractivity contribution < 1.29 is 22.7 Å². The lowest BCUT2D eigenvalue weighted by molar-refractivity contribution is -0.162. The molecule has 1 rings (SSSR count). The van der Waals surface area contributed by atoms with E-state index in [2.05, 4.69) is 4.74 Å². The monoisotopic (exact) mass is 226 g/mol. The molecule has 4 nitrogen and oxygen atoms in total. The molecule has 7 heteroatoms. The number of carbonyl (C=O) groups is 1. The van der Waals surface area contributed by atoms with Gasteiger partial charge in [0.25, 0.3) is 0 Å². The standard InChI is InChI=1S/C8H13F3N2O2/c9-8(10,11)5-15-7(14)13-3-1-2-6(12)4-13/h6H,1-5,12H2. The minimum atomic E-state index is -4.48. The molecule has 1 amide bonds. The summed E-state index contributed by atoms with van der Waals surface area (Å²) in [7, 11) is 0. The second-order valence-electron chi connectivity index (χ2n) is 3.52. The molecule has 1 aliphatic rings. The molecule has 0 bridgehead atoms. The molecular weight excluding hydrogens is 213 g/mol. The molecule has 0 saturated carbocycles. The molecule has 15 heavy (non-hydrogen) atoms. The molecule has 0 aromatic carbocycles. The minimum Gasteiger partial charge on any atom is -0.440 e. The van der Waals surface area contributed by atoms with Gasteiger partial charge in [0.05, 0.1) is 0 Å². The van der Waals surface area contributed by atoms with E-state index < -0.39 is 18.9 Å². The lowest BCUT2D eigenvalue weighted by Gasteiger charge is -2.29. The van der Waals surface area contributed by atoms with E-state index >= 15 is 0 Å². The van der Waals surface area contributed by atoms with Crippen LogP contribution in [-0.2, 0) is 4.74 Å². The number of carbonyl (C=O) groups excluding carboxylic acids is 1. The number of rotatable bonds is 1. The Morgan fingerprint density at radius 2 is 2.20 bits per heavy atom. The summed E-state index contributed by atoms with van der Waals surface area (Å²) >= 11 is 0. The SMILES string of the molecule is NC1CCCN(C(=O)OCC(F)(F)F)C1. The van der Waals surface area contributed by atoms with Gasteiger partial charge >= 0.3 is 12.3 Å². The van der Waals surface area contributed by atoms with E-state index in [0.717, 1.165) is 6.42 Å². The third kappa shape index (κ3) is 4.37. The molecule has 0 aliphatic carbocycles. The second-order valence-corrected chi connectivity index (χ2v) is 3.52.